The van der Waals surface area contributed by atoms with E-state index in [4.69, 9.17) is 9.15 Å². The fourth-order valence-corrected chi connectivity index (χ4v) is 3.35. The molecule has 4 rings (SSSR count). The van der Waals surface area contributed by atoms with Crippen LogP contribution >= 0.6 is 0 Å². The number of H-pyrrole nitrogens is 1. The fraction of sp³-hybridized carbons (Fsp3) is 0.333. The van der Waals surface area contributed by atoms with Gasteiger partial charge in [0.2, 0.25) is 11.2 Å². The van der Waals surface area contributed by atoms with Gasteiger partial charge in [0.05, 0.1) is 30.7 Å². The quantitative estimate of drug-likeness (QED) is 0.788. The van der Waals surface area contributed by atoms with Crippen molar-refractivity contribution in [2.24, 2.45) is 0 Å². The molecule has 2 aromatic heterocycles. The lowest BCUT2D eigenvalue weighted by atomic mass is 10.2. The second-order valence-electron chi connectivity index (χ2n) is 6.19. The molecule has 1 N–H and O–H groups in total. The molecule has 3 heterocycles. The molecule has 1 aromatic carbocycles. The van der Waals surface area contributed by atoms with E-state index in [1.807, 2.05) is 0 Å². The van der Waals surface area contributed by atoms with Crippen molar-refractivity contribution in [2.45, 2.75) is 25.4 Å². The zero-order chi connectivity index (χ0) is 17.4. The summed E-state index contributed by atoms with van der Waals surface area (Å²) in [6, 6.07) is 6.08. The molecule has 7 heteroatoms. The van der Waals surface area contributed by atoms with Crippen molar-refractivity contribution in [3.8, 4) is 5.75 Å². The van der Waals surface area contributed by atoms with E-state index in [1.165, 1.54) is 31.6 Å². The van der Waals surface area contributed by atoms with Crippen molar-refractivity contribution >= 4 is 11.0 Å². The summed E-state index contributed by atoms with van der Waals surface area (Å²) in [5, 5.41) is 0. The van der Waals surface area contributed by atoms with E-state index >= 15 is 0 Å². The third-order valence-electron chi connectivity index (χ3n) is 4.57. The summed E-state index contributed by atoms with van der Waals surface area (Å²) in [6.45, 7) is 1.39. The molecular formula is C18H18FN3O3. The first-order chi connectivity index (χ1) is 12.1. The van der Waals surface area contributed by atoms with Crippen molar-refractivity contribution < 1.29 is 13.5 Å². The predicted octanol–water partition coefficient (Wildman–Crippen LogP) is 3.00. The monoisotopic (exact) mass is 343 g/mol. The number of nitrogens with one attached hydrogen (secondary N) is 1. The summed E-state index contributed by atoms with van der Waals surface area (Å²) in [5.74, 6) is 1.31. The van der Waals surface area contributed by atoms with E-state index in [2.05, 4.69) is 14.9 Å². The Labute approximate surface area is 143 Å². The largest absolute Gasteiger partial charge is 0.490 e. The Morgan fingerprint density at radius 1 is 1.44 bits per heavy atom. The fourth-order valence-electron chi connectivity index (χ4n) is 3.35. The molecule has 1 aliphatic rings. The van der Waals surface area contributed by atoms with Gasteiger partial charge in [-0.2, -0.15) is 0 Å². The van der Waals surface area contributed by atoms with Crippen molar-refractivity contribution in [2.75, 3.05) is 13.7 Å². The molecule has 0 radical (unpaired) electrons. The Hall–Kier alpha value is -2.67. The number of methoxy groups -OCH3 is 1. The highest BCUT2D eigenvalue weighted by atomic mass is 19.1. The molecule has 6 nitrogen and oxygen atoms in total. The van der Waals surface area contributed by atoms with Crippen LogP contribution in [0.1, 0.15) is 30.5 Å². The third kappa shape index (κ3) is 3.02. The van der Waals surface area contributed by atoms with Gasteiger partial charge in [-0.05, 0) is 37.6 Å². The Bertz CT molecular complexity index is 966. The summed E-state index contributed by atoms with van der Waals surface area (Å²) in [5.41, 5.74) is 1.25. The van der Waals surface area contributed by atoms with Crippen LogP contribution < -0.4 is 10.2 Å². The number of benzene rings is 1. The first-order valence-electron chi connectivity index (χ1n) is 8.19. The van der Waals surface area contributed by atoms with E-state index in [1.54, 1.807) is 6.07 Å². The van der Waals surface area contributed by atoms with Crippen LogP contribution in [0.15, 0.2) is 39.7 Å². The van der Waals surface area contributed by atoms with Crippen LogP contribution in [0.3, 0.4) is 0 Å². The van der Waals surface area contributed by atoms with E-state index in [0.717, 1.165) is 30.7 Å². The minimum absolute atomic E-state index is 0.0860. The van der Waals surface area contributed by atoms with Gasteiger partial charge in [-0.15, -0.1) is 0 Å². The van der Waals surface area contributed by atoms with E-state index in [0.29, 0.717) is 17.8 Å². The molecule has 0 saturated carbocycles. The molecule has 1 saturated heterocycles. The molecule has 0 spiro atoms. The number of halogens is 1. The number of hydrogen-bond acceptors (Lipinski definition) is 5. The Balaban J connectivity index is 1.59. The van der Waals surface area contributed by atoms with Gasteiger partial charge in [0.25, 0.3) is 0 Å². The number of likely N-dealkylation sites (tertiary alicyclic amines) is 1. The Morgan fingerprint density at radius 2 is 2.32 bits per heavy atom. The molecule has 1 fully saturated rings. The minimum atomic E-state index is -0.286. The topological polar surface area (TPSA) is 71.4 Å². The third-order valence-corrected chi connectivity index (χ3v) is 4.57. The minimum Gasteiger partial charge on any atom is -0.490 e. The molecule has 3 aromatic rings. The maximum atomic E-state index is 13.4. The summed E-state index contributed by atoms with van der Waals surface area (Å²) >= 11 is 0. The standard InChI is InChI=1S/C18H18FN3O3/c1-24-17-10-25-12(8-16(17)23)9-22-6-2-3-15(22)18-20-13-5-4-11(19)7-14(13)21-18/h4-5,7-8,10,15H,2-3,6,9H2,1H3,(H,20,21)/t15-/m1/s1. The number of nitrogens with zero attached hydrogens (tertiary/aromatic N) is 2. The van der Waals surface area contributed by atoms with Gasteiger partial charge in [0.15, 0.2) is 0 Å². The van der Waals surface area contributed by atoms with Gasteiger partial charge in [0.1, 0.15) is 23.7 Å². The zero-order valence-corrected chi connectivity index (χ0v) is 13.8. The average molecular weight is 343 g/mol. The van der Waals surface area contributed by atoms with Crippen LogP contribution in [0, 0.1) is 5.82 Å². The number of fused-ring (bicyclic) bond motifs is 1. The highest BCUT2D eigenvalue weighted by Gasteiger charge is 2.29. The number of imidazole rings is 1. The van der Waals surface area contributed by atoms with E-state index in [-0.39, 0.29) is 23.0 Å². The molecule has 0 bridgehead atoms. The highest BCUT2D eigenvalue weighted by molar-refractivity contribution is 5.75. The lowest BCUT2D eigenvalue weighted by Gasteiger charge is -2.22. The summed E-state index contributed by atoms with van der Waals surface area (Å²) in [4.78, 5) is 21.9. The van der Waals surface area contributed by atoms with Crippen molar-refractivity contribution in [3.05, 3.63) is 58.2 Å². The van der Waals surface area contributed by atoms with E-state index in [9.17, 15) is 9.18 Å². The normalized spacial score (nSPS) is 18.1. The molecule has 25 heavy (non-hydrogen) atoms. The van der Waals surface area contributed by atoms with Crippen molar-refractivity contribution in [1.29, 1.82) is 0 Å². The van der Waals surface area contributed by atoms with Crippen LogP contribution in [0.2, 0.25) is 0 Å². The van der Waals surface area contributed by atoms with Gasteiger partial charge in [-0.25, -0.2) is 9.37 Å². The highest BCUT2D eigenvalue weighted by Crippen LogP contribution is 2.32. The van der Waals surface area contributed by atoms with Crippen LogP contribution in [-0.2, 0) is 6.54 Å². The lowest BCUT2D eigenvalue weighted by Crippen LogP contribution is -2.24. The first-order valence-corrected chi connectivity index (χ1v) is 8.19. The maximum Gasteiger partial charge on any atom is 0.227 e. The SMILES string of the molecule is COc1coc(CN2CCC[C@@H]2c2nc3ccc(F)cc3[nH]2)cc1=O. The van der Waals surface area contributed by atoms with Gasteiger partial charge < -0.3 is 14.1 Å². The molecule has 0 aliphatic carbocycles. The summed E-state index contributed by atoms with van der Waals surface area (Å²) < 4.78 is 23.8. The molecular weight excluding hydrogens is 325 g/mol. The zero-order valence-electron chi connectivity index (χ0n) is 13.8. The second kappa shape index (κ2) is 6.33. The Morgan fingerprint density at radius 3 is 3.12 bits per heavy atom. The van der Waals surface area contributed by atoms with Crippen LogP contribution in [-0.4, -0.2) is 28.5 Å². The van der Waals surface area contributed by atoms with Crippen LogP contribution in [0.25, 0.3) is 11.0 Å². The van der Waals surface area contributed by atoms with Gasteiger partial charge in [-0.1, -0.05) is 0 Å². The summed E-state index contributed by atoms with van der Waals surface area (Å²) in [6.07, 6.45) is 3.31. The van der Waals surface area contributed by atoms with Crippen molar-refractivity contribution in [1.82, 2.24) is 14.9 Å². The molecule has 1 aliphatic heterocycles. The molecule has 130 valence electrons. The summed E-state index contributed by atoms with van der Waals surface area (Å²) in [7, 11) is 1.44. The number of rotatable bonds is 4. The number of aromatic nitrogens is 2. The molecule has 1 atom stereocenters. The molecule has 0 unspecified atom stereocenters. The Kier molecular flexibility index (Phi) is 4.01. The van der Waals surface area contributed by atoms with E-state index < -0.39 is 0 Å². The van der Waals surface area contributed by atoms with Crippen LogP contribution in [0.5, 0.6) is 5.75 Å². The predicted molar refractivity (Wildman–Crippen MR) is 90.0 cm³/mol. The van der Waals surface area contributed by atoms with Crippen LogP contribution in [0.4, 0.5) is 4.39 Å². The average Bonchev–Trinajstić information content (AvgIpc) is 3.20. The van der Waals surface area contributed by atoms with Gasteiger partial charge in [0, 0.05) is 6.07 Å². The van der Waals surface area contributed by atoms with Gasteiger partial charge in [-0.3, -0.25) is 9.69 Å². The first kappa shape index (κ1) is 15.8. The second-order valence-corrected chi connectivity index (χ2v) is 6.19. The molecule has 0 amide bonds. The maximum absolute atomic E-state index is 13.4. The van der Waals surface area contributed by atoms with Crippen molar-refractivity contribution in [3.63, 3.8) is 0 Å². The van der Waals surface area contributed by atoms with Gasteiger partial charge >= 0.3 is 0 Å². The number of ether oxygens (including phenoxy) is 1. The lowest BCUT2D eigenvalue weighted by molar-refractivity contribution is 0.218. The number of hydrogen-bond donors (Lipinski definition) is 1. The number of aromatic amines is 1. The smallest absolute Gasteiger partial charge is 0.227 e.